The molecule has 0 unspecified atom stereocenters. The van der Waals surface area contributed by atoms with Crippen LogP contribution in [0.15, 0.2) is 0 Å². The molecule has 0 aromatic heterocycles. The molecule has 0 N–H and O–H groups in total. The number of unbranched alkanes of at least 4 members (excludes halogenated alkanes) is 3. The second-order valence-corrected chi connectivity index (χ2v) is 25.5. The first-order valence-corrected chi connectivity index (χ1v) is 17.9. The van der Waals surface area contributed by atoms with Crippen LogP contribution >= 0.6 is 18.7 Å². The molecule has 14 heavy (non-hydrogen) atoms. The van der Waals surface area contributed by atoms with Crippen LogP contribution in [0.1, 0.15) is 59.3 Å². The predicted octanol–water partition coefficient (Wildman–Crippen LogP) is 5.77. The fraction of sp³-hybridized carbons (Fsp3) is 1.00. The molecule has 0 atom stereocenters. The van der Waals surface area contributed by atoms with E-state index in [9.17, 15) is 0 Å². The molecule has 0 spiro atoms. The number of hydrogen-bond donors (Lipinski definition) is 0. The molecule has 0 aromatic carbocycles. The van der Waals surface area contributed by atoms with Gasteiger partial charge in [0, 0.05) is 0 Å². The molecule has 2 heteroatoms. The van der Waals surface area contributed by atoms with E-state index in [0.717, 1.165) is 0 Å². The molecule has 0 rings (SSSR count). The molecular formula is C12H27ITe. The molecule has 0 radical (unpaired) electrons. The van der Waals surface area contributed by atoms with Gasteiger partial charge >= 0.3 is 106 Å². The van der Waals surface area contributed by atoms with Gasteiger partial charge in [0.05, 0.1) is 0 Å². The van der Waals surface area contributed by atoms with E-state index in [0.29, 0.717) is 0 Å². The summed E-state index contributed by atoms with van der Waals surface area (Å²) in [4.78, 5) is 0. The Morgan fingerprint density at radius 1 is 0.714 bits per heavy atom. The van der Waals surface area contributed by atoms with E-state index >= 15 is 0 Å². The zero-order chi connectivity index (χ0) is 10.9. The van der Waals surface area contributed by atoms with Gasteiger partial charge in [-0.1, -0.05) is 0 Å². The van der Waals surface area contributed by atoms with Crippen molar-refractivity contribution in [3.63, 3.8) is 0 Å². The molecule has 0 saturated heterocycles. The van der Waals surface area contributed by atoms with Gasteiger partial charge in [-0.2, -0.15) is 0 Å². The fourth-order valence-electron chi connectivity index (χ4n) is 1.52. The molecule has 0 aliphatic rings. The van der Waals surface area contributed by atoms with E-state index < -0.39 is 14.2 Å². The van der Waals surface area contributed by atoms with Crippen molar-refractivity contribution in [2.45, 2.75) is 72.7 Å². The summed E-state index contributed by atoms with van der Waals surface area (Å²) in [5.41, 5.74) is 0. The third-order valence-electron chi connectivity index (χ3n) is 2.59. The maximum atomic E-state index is 2.93. The Morgan fingerprint density at radius 3 is 1.21 bits per heavy atom. The van der Waals surface area contributed by atoms with Crippen LogP contribution in [0.2, 0.25) is 13.4 Å². The second-order valence-electron chi connectivity index (χ2n) is 4.11. The molecule has 0 heterocycles. The van der Waals surface area contributed by atoms with Crippen LogP contribution in [0, 0.1) is 0 Å². The average Bonchev–Trinajstić information content (AvgIpc) is 2.21. The van der Waals surface area contributed by atoms with Crippen LogP contribution in [0.4, 0.5) is 0 Å². The van der Waals surface area contributed by atoms with E-state index in [2.05, 4.69) is 39.5 Å². The second kappa shape index (κ2) is 9.72. The molecule has 88 valence electrons. The molecule has 0 saturated carbocycles. The number of rotatable bonds is 9. The van der Waals surface area contributed by atoms with E-state index in [1.54, 1.807) is 13.4 Å². The third kappa shape index (κ3) is 7.77. The van der Waals surface area contributed by atoms with E-state index in [1.165, 1.54) is 38.5 Å². The minimum absolute atomic E-state index is 1.38. The fourth-order valence-corrected chi connectivity index (χ4v) is 16.4. The van der Waals surface area contributed by atoms with E-state index in [-0.39, 0.29) is 0 Å². The van der Waals surface area contributed by atoms with Crippen molar-refractivity contribution in [1.82, 2.24) is 0 Å². The molecular weight excluding hydrogens is 399 g/mol. The summed E-state index contributed by atoms with van der Waals surface area (Å²) in [7, 11) is 0. The quantitative estimate of drug-likeness (QED) is 0.325. The Bertz CT molecular complexity index is 104. The first kappa shape index (κ1) is 15.5. The molecule has 0 aromatic rings. The summed E-state index contributed by atoms with van der Waals surface area (Å²) in [5, 5.41) is 0. The molecule has 0 aliphatic carbocycles. The van der Waals surface area contributed by atoms with E-state index in [4.69, 9.17) is 0 Å². The van der Waals surface area contributed by atoms with Gasteiger partial charge in [-0.05, 0) is 0 Å². The Labute approximate surface area is 105 Å². The van der Waals surface area contributed by atoms with Crippen molar-refractivity contribution in [3.8, 4) is 0 Å². The van der Waals surface area contributed by atoms with Crippen LogP contribution in [-0.2, 0) is 0 Å². The van der Waals surface area contributed by atoms with Crippen molar-refractivity contribution in [1.29, 1.82) is 0 Å². The van der Waals surface area contributed by atoms with Gasteiger partial charge in [0.2, 0.25) is 0 Å². The first-order valence-electron chi connectivity index (χ1n) is 6.14. The van der Waals surface area contributed by atoms with Crippen LogP contribution in [0.25, 0.3) is 0 Å². The topological polar surface area (TPSA) is 0 Å². The Balaban J connectivity index is 3.89. The van der Waals surface area contributed by atoms with Crippen molar-refractivity contribution in [3.05, 3.63) is 0 Å². The zero-order valence-electron chi connectivity index (χ0n) is 10.2. The van der Waals surface area contributed by atoms with Gasteiger partial charge in [-0.3, -0.25) is 0 Å². The Kier molecular flexibility index (Phi) is 10.8. The average molecular weight is 426 g/mol. The summed E-state index contributed by atoms with van der Waals surface area (Å²) in [6, 6.07) is 0. The third-order valence-corrected chi connectivity index (χ3v) is 20.2. The summed E-state index contributed by atoms with van der Waals surface area (Å²) in [5.74, 6) is 0. The molecule has 0 bridgehead atoms. The van der Waals surface area contributed by atoms with Crippen LogP contribution in [-0.4, -0.2) is 14.2 Å². The SMILES string of the molecule is CCCC[Te](I)(CCCC)CCCC. The van der Waals surface area contributed by atoms with Crippen molar-refractivity contribution in [2.24, 2.45) is 0 Å². The zero-order valence-corrected chi connectivity index (χ0v) is 14.6. The van der Waals surface area contributed by atoms with Crippen LogP contribution in [0.5, 0.6) is 0 Å². The maximum absolute atomic E-state index is 2.93. The standard InChI is InChI=1S/C12H27ITe/c1-4-7-10-14(13,11-8-5-2)12-9-6-3/h4-12H2,1-3H3. The first-order chi connectivity index (χ1) is 6.68. The molecule has 0 fully saturated rings. The van der Waals surface area contributed by atoms with Gasteiger partial charge in [0.25, 0.3) is 0 Å². The van der Waals surface area contributed by atoms with Crippen molar-refractivity contribution < 1.29 is 0 Å². The molecule has 0 nitrogen and oxygen atoms in total. The summed E-state index contributed by atoms with van der Waals surface area (Å²) >= 11 is 1.55. The van der Waals surface area contributed by atoms with Gasteiger partial charge in [-0.15, -0.1) is 0 Å². The molecule has 0 aliphatic heterocycles. The van der Waals surface area contributed by atoms with Gasteiger partial charge in [-0.25, -0.2) is 0 Å². The normalized spacial score (nSPS) is 13.1. The summed E-state index contributed by atoms with van der Waals surface area (Å²) in [6.07, 6.45) is 8.69. The van der Waals surface area contributed by atoms with Gasteiger partial charge in [0.1, 0.15) is 0 Å². The van der Waals surface area contributed by atoms with Crippen LogP contribution in [0.3, 0.4) is 0 Å². The van der Waals surface area contributed by atoms with Gasteiger partial charge < -0.3 is 0 Å². The summed E-state index contributed by atoms with van der Waals surface area (Å²) < 4.78 is 4.87. The number of hydrogen-bond acceptors (Lipinski definition) is 0. The molecule has 0 amide bonds. The Hall–Kier alpha value is 1.52. The number of halogens is 1. The minimum atomic E-state index is -1.38. The monoisotopic (exact) mass is 428 g/mol. The summed E-state index contributed by atoms with van der Waals surface area (Å²) in [6.45, 7) is 7.00. The van der Waals surface area contributed by atoms with Crippen LogP contribution < -0.4 is 0 Å². The van der Waals surface area contributed by atoms with E-state index in [1.807, 2.05) is 0 Å². The predicted molar refractivity (Wildman–Crippen MR) is 78.9 cm³/mol. The van der Waals surface area contributed by atoms with Gasteiger partial charge in [0.15, 0.2) is 0 Å². The van der Waals surface area contributed by atoms with Crippen molar-refractivity contribution in [2.75, 3.05) is 0 Å². The Morgan fingerprint density at radius 2 is 1.00 bits per heavy atom. The van der Waals surface area contributed by atoms with Crippen molar-refractivity contribution >= 4 is 32.9 Å².